The van der Waals surface area contributed by atoms with Gasteiger partial charge in [-0.3, -0.25) is 4.79 Å². The van der Waals surface area contributed by atoms with Crippen LogP contribution in [0.2, 0.25) is 0 Å². The van der Waals surface area contributed by atoms with Gasteiger partial charge in [0.1, 0.15) is 5.78 Å². The first kappa shape index (κ1) is 19.9. The Balaban J connectivity index is 0. The Labute approximate surface area is 113 Å². The monoisotopic (exact) mass is 259 g/mol. The van der Waals surface area contributed by atoms with E-state index < -0.39 is 0 Å². The van der Waals surface area contributed by atoms with Gasteiger partial charge in [0.25, 0.3) is 0 Å². The Morgan fingerprint density at radius 3 is 1.72 bits per heavy atom. The molecular formula is C14H33N3O. The molecule has 0 bridgehead atoms. The molecule has 0 aliphatic heterocycles. The lowest BCUT2D eigenvalue weighted by atomic mass is 10.1. The summed E-state index contributed by atoms with van der Waals surface area (Å²) in [5.74, 6) is 0.915. The highest BCUT2D eigenvalue weighted by Crippen LogP contribution is 2.04. The van der Waals surface area contributed by atoms with Crippen LogP contribution in [0.5, 0.6) is 0 Å². The van der Waals surface area contributed by atoms with Crippen molar-refractivity contribution in [2.24, 2.45) is 23.1 Å². The standard InChI is InChI=1S/C7H16N2O.C7H17N/c1-6(10)7(9)4-2-3-5-8;1-7(2)5-3-4-6-8/h7H,2-5,8-9H2,1H3;7H,3-6,8H2,1-2H3. The lowest BCUT2D eigenvalue weighted by Gasteiger charge is -2.05. The number of unbranched alkanes of at least 4 members (excludes halogenated alkanes) is 2. The minimum atomic E-state index is -0.272. The molecule has 0 rings (SSSR count). The number of hydrogen-bond acceptors (Lipinski definition) is 4. The van der Waals surface area contributed by atoms with Gasteiger partial charge < -0.3 is 17.2 Å². The largest absolute Gasteiger partial charge is 0.330 e. The SMILES string of the molecule is CC(=O)C(N)CCCCN.CC(C)CCCCN. The Morgan fingerprint density at radius 2 is 1.39 bits per heavy atom. The van der Waals surface area contributed by atoms with Gasteiger partial charge in [-0.25, -0.2) is 0 Å². The summed E-state index contributed by atoms with van der Waals surface area (Å²) in [7, 11) is 0. The zero-order valence-corrected chi connectivity index (χ0v) is 12.5. The van der Waals surface area contributed by atoms with Gasteiger partial charge in [-0.05, 0) is 45.2 Å². The Kier molecular flexibility index (Phi) is 16.1. The maximum Gasteiger partial charge on any atom is 0.146 e. The first-order valence-electron chi connectivity index (χ1n) is 7.11. The van der Waals surface area contributed by atoms with E-state index in [2.05, 4.69) is 13.8 Å². The van der Waals surface area contributed by atoms with Crippen LogP contribution in [0.3, 0.4) is 0 Å². The van der Waals surface area contributed by atoms with Crippen LogP contribution in [0, 0.1) is 5.92 Å². The lowest BCUT2D eigenvalue weighted by molar-refractivity contribution is -0.118. The van der Waals surface area contributed by atoms with Crippen molar-refractivity contribution < 1.29 is 4.79 Å². The molecule has 4 nitrogen and oxygen atoms in total. The molecule has 1 atom stereocenters. The van der Waals surface area contributed by atoms with Crippen molar-refractivity contribution in [3.63, 3.8) is 0 Å². The fourth-order valence-corrected chi connectivity index (χ4v) is 1.41. The lowest BCUT2D eigenvalue weighted by Crippen LogP contribution is -2.28. The molecule has 0 spiro atoms. The predicted octanol–water partition coefficient (Wildman–Crippen LogP) is 1.80. The second kappa shape index (κ2) is 14.6. The molecule has 0 radical (unpaired) electrons. The predicted molar refractivity (Wildman–Crippen MR) is 79.3 cm³/mol. The topological polar surface area (TPSA) is 95.1 Å². The number of Topliss-reactive ketones (excluding diaryl/α,β-unsaturated/α-hetero) is 1. The van der Waals surface area contributed by atoms with E-state index in [4.69, 9.17) is 17.2 Å². The summed E-state index contributed by atoms with van der Waals surface area (Å²) in [6, 6.07) is -0.272. The summed E-state index contributed by atoms with van der Waals surface area (Å²) < 4.78 is 0. The van der Waals surface area contributed by atoms with Crippen molar-refractivity contribution in [1.29, 1.82) is 0 Å². The molecule has 0 aliphatic rings. The number of carbonyl (C=O) groups excluding carboxylic acids is 1. The Bertz CT molecular complexity index is 184. The highest BCUT2D eigenvalue weighted by molar-refractivity contribution is 5.80. The molecule has 0 saturated heterocycles. The third kappa shape index (κ3) is 17.9. The Morgan fingerprint density at radius 1 is 0.944 bits per heavy atom. The maximum atomic E-state index is 10.6. The van der Waals surface area contributed by atoms with Crippen LogP contribution < -0.4 is 17.2 Å². The van der Waals surface area contributed by atoms with Crippen LogP contribution >= 0.6 is 0 Å². The number of rotatable bonds is 9. The molecule has 1 unspecified atom stereocenters. The summed E-state index contributed by atoms with van der Waals surface area (Å²) in [4.78, 5) is 10.6. The summed E-state index contributed by atoms with van der Waals surface area (Å²) in [6.45, 7) is 7.55. The van der Waals surface area contributed by atoms with Crippen LogP contribution in [-0.2, 0) is 4.79 Å². The molecule has 0 aromatic rings. The highest BCUT2D eigenvalue weighted by atomic mass is 16.1. The van der Waals surface area contributed by atoms with Crippen LogP contribution in [0.1, 0.15) is 59.3 Å². The Hall–Kier alpha value is -0.450. The number of ketones is 1. The highest BCUT2D eigenvalue weighted by Gasteiger charge is 2.05. The van der Waals surface area contributed by atoms with Crippen molar-refractivity contribution in [1.82, 2.24) is 0 Å². The van der Waals surface area contributed by atoms with Crippen molar-refractivity contribution in [2.75, 3.05) is 13.1 Å². The van der Waals surface area contributed by atoms with E-state index in [1.165, 1.54) is 26.2 Å². The summed E-state index contributed by atoms with van der Waals surface area (Å²) in [6.07, 6.45) is 6.51. The minimum Gasteiger partial charge on any atom is -0.330 e. The molecule has 18 heavy (non-hydrogen) atoms. The van der Waals surface area contributed by atoms with Crippen LogP contribution in [0.4, 0.5) is 0 Å². The van der Waals surface area contributed by atoms with Crippen molar-refractivity contribution >= 4 is 5.78 Å². The average Bonchev–Trinajstić information content (AvgIpc) is 2.30. The molecule has 0 amide bonds. The zero-order valence-electron chi connectivity index (χ0n) is 12.5. The van der Waals surface area contributed by atoms with Gasteiger partial charge in [0, 0.05) is 0 Å². The number of nitrogens with two attached hydrogens (primary N) is 3. The number of carbonyl (C=O) groups is 1. The molecule has 0 heterocycles. The second-order valence-electron chi connectivity index (χ2n) is 5.18. The van der Waals surface area contributed by atoms with Crippen molar-refractivity contribution in [3.8, 4) is 0 Å². The zero-order chi connectivity index (χ0) is 14.4. The fraction of sp³-hybridized carbons (Fsp3) is 0.929. The van der Waals surface area contributed by atoms with Crippen LogP contribution in [-0.4, -0.2) is 24.9 Å². The molecular weight excluding hydrogens is 226 g/mol. The first-order chi connectivity index (χ1) is 8.45. The smallest absolute Gasteiger partial charge is 0.146 e. The molecule has 0 fully saturated rings. The maximum absolute atomic E-state index is 10.6. The fourth-order valence-electron chi connectivity index (χ4n) is 1.41. The molecule has 6 N–H and O–H groups in total. The van der Waals surface area contributed by atoms with Gasteiger partial charge in [0.15, 0.2) is 0 Å². The third-order valence-electron chi connectivity index (χ3n) is 2.73. The van der Waals surface area contributed by atoms with E-state index in [1.54, 1.807) is 0 Å². The molecule has 0 saturated carbocycles. The van der Waals surface area contributed by atoms with Gasteiger partial charge in [0.2, 0.25) is 0 Å². The first-order valence-corrected chi connectivity index (χ1v) is 7.11. The van der Waals surface area contributed by atoms with Gasteiger partial charge >= 0.3 is 0 Å². The molecule has 4 heteroatoms. The minimum absolute atomic E-state index is 0.0667. The van der Waals surface area contributed by atoms with Crippen molar-refractivity contribution in [2.45, 2.75) is 65.3 Å². The summed E-state index contributed by atoms with van der Waals surface area (Å²) in [5, 5.41) is 0. The van der Waals surface area contributed by atoms with Crippen LogP contribution in [0.25, 0.3) is 0 Å². The second-order valence-corrected chi connectivity index (χ2v) is 5.18. The summed E-state index contributed by atoms with van der Waals surface area (Å²) >= 11 is 0. The van der Waals surface area contributed by atoms with E-state index in [0.717, 1.165) is 31.7 Å². The van der Waals surface area contributed by atoms with Gasteiger partial charge in [-0.15, -0.1) is 0 Å². The van der Waals surface area contributed by atoms with E-state index in [0.29, 0.717) is 6.54 Å². The summed E-state index contributed by atoms with van der Waals surface area (Å²) in [5.41, 5.74) is 16.0. The van der Waals surface area contributed by atoms with Gasteiger partial charge in [0.05, 0.1) is 6.04 Å². The van der Waals surface area contributed by atoms with E-state index >= 15 is 0 Å². The molecule has 0 aromatic heterocycles. The normalized spacial score (nSPS) is 11.9. The van der Waals surface area contributed by atoms with Crippen molar-refractivity contribution in [3.05, 3.63) is 0 Å². The quantitative estimate of drug-likeness (QED) is 0.550. The number of hydrogen-bond donors (Lipinski definition) is 3. The van der Waals surface area contributed by atoms with Gasteiger partial charge in [-0.1, -0.05) is 33.1 Å². The van der Waals surface area contributed by atoms with E-state index in [9.17, 15) is 4.79 Å². The average molecular weight is 259 g/mol. The van der Waals surface area contributed by atoms with E-state index in [1.807, 2.05) is 0 Å². The van der Waals surface area contributed by atoms with Gasteiger partial charge in [-0.2, -0.15) is 0 Å². The third-order valence-corrected chi connectivity index (χ3v) is 2.73. The molecule has 0 aromatic carbocycles. The van der Waals surface area contributed by atoms with Crippen LogP contribution in [0.15, 0.2) is 0 Å². The molecule has 110 valence electrons. The van der Waals surface area contributed by atoms with E-state index in [-0.39, 0.29) is 11.8 Å². The molecule has 0 aliphatic carbocycles.